The predicted molar refractivity (Wildman–Crippen MR) is 118 cm³/mol. The number of hydrogen-bond donors (Lipinski definition) is 1. The van der Waals surface area contributed by atoms with Crippen LogP contribution in [0.15, 0.2) is 72.3 Å². The van der Waals surface area contributed by atoms with Crippen LogP contribution in [0.2, 0.25) is 0 Å². The number of aliphatic hydroxyl groups is 1. The lowest BCUT2D eigenvalue weighted by molar-refractivity contribution is -0.140. The number of rotatable bonds is 4. The second-order valence-corrected chi connectivity index (χ2v) is 8.20. The van der Waals surface area contributed by atoms with E-state index in [1.54, 1.807) is 24.3 Å². The van der Waals surface area contributed by atoms with Crippen molar-refractivity contribution in [3.05, 3.63) is 89.2 Å². The molecule has 3 aromatic rings. The minimum Gasteiger partial charge on any atom is -0.507 e. The van der Waals surface area contributed by atoms with Crippen molar-refractivity contribution < 1.29 is 23.8 Å². The average Bonchev–Trinajstić information content (AvgIpc) is 3.41. The number of likely N-dealkylation sites (tertiary alicyclic amines) is 1. The topological polar surface area (TPSA) is 66.8 Å². The van der Waals surface area contributed by atoms with E-state index < -0.39 is 23.5 Å². The van der Waals surface area contributed by atoms with E-state index in [0.717, 1.165) is 23.6 Å². The molecule has 32 heavy (non-hydrogen) atoms. The summed E-state index contributed by atoms with van der Waals surface area (Å²) in [7, 11) is 0. The molecular formula is C26H22FNO4. The van der Waals surface area contributed by atoms with Gasteiger partial charge in [0.1, 0.15) is 11.6 Å². The lowest BCUT2D eigenvalue weighted by Crippen LogP contribution is -2.36. The van der Waals surface area contributed by atoms with Crippen LogP contribution in [0.4, 0.5) is 4.39 Å². The number of amides is 1. The van der Waals surface area contributed by atoms with Crippen molar-refractivity contribution in [3.63, 3.8) is 0 Å². The summed E-state index contributed by atoms with van der Waals surface area (Å²) < 4.78 is 19.3. The molecule has 2 unspecified atom stereocenters. The van der Waals surface area contributed by atoms with Crippen molar-refractivity contribution in [2.75, 3.05) is 13.2 Å². The lowest BCUT2D eigenvalue weighted by Gasteiger charge is -2.27. The van der Waals surface area contributed by atoms with Gasteiger partial charge < -0.3 is 14.7 Å². The first-order valence-corrected chi connectivity index (χ1v) is 10.7. The van der Waals surface area contributed by atoms with Gasteiger partial charge in [-0.3, -0.25) is 9.59 Å². The van der Waals surface area contributed by atoms with E-state index in [1.807, 2.05) is 30.3 Å². The van der Waals surface area contributed by atoms with Gasteiger partial charge in [0, 0.05) is 18.7 Å². The number of fused-ring (bicyclic) bond motifs is 1. The van der Waals surface area contributed by atoms with E-state index in [4.69, 9.17) is 4.74 Å². The number of hydrogen-bond acceptors (Lipinski definition) is 4. The quantitative estimate of drug-likeness (QED) is 0.373. The summed E-state index contributed by atoms with van der Waals surface area (Å²) in [5, 5.41) is 13.1. The van der Waals surface area contributed by atoms with Crippen LogP contribution in [0.5, 0.6) is 0 Å². The van der Waals surface area contributed by atoms with Gasteiger partial charge in [0.15, 0.2) is 0 Å². The summed E-state index contributed by atoms with van der Waals surface area (Å²) in [6, 6.07) is 17.9. The second kappa shape index (κ2) is 8.20. The molecule has 6 heteroatoms. The number of Topliss-reactive ketones (excluding diaryl/α,β-unsaturated/α-hetero) is 1. The molecule has 1 amide bonds. The number of ketones is 1. The molecule has 2 fully saturated rings. The van der Waals surface area contributed by atoms with E-state index in [1.165, 1.54) is 17.0 Å². The van der Waals surface area contributed by atoms with Crippen molar-refractivity contribution >= 4 is 28.2 Å². The van der Waals surface area contributed by atoms with Crippen LogP contribution < -0.4 is 0 Å². The van der Waals surface area contributed by atoms with Crippen LogP contribution in [0.25, 0.3) is 16.5 Å². The molecule has 2 aliphatic rings. The van der Waals surface area contributed by atoms with Crippen LogP contribution in [-0.4, -0.2) is 41.0 Å². The summed E-state index contributed by atoms with van der Waals surface area (Å²) >= 11 is 0. The number of halogens is 1. The van der Waals surface area contributed by atoms with Crippen molar-refractivity contribution in [2.45, 2.75) is 25.0 Å². The number of carbonyl (C=O) groups is 2. The normalized spacial score (nSPS) is 22.7. The zero-order valence-electron chi connectivity index (χ0n) is 17.3. The molecule has 0 aliphatic carbocycles. The molecule has 2 aliphatic heterocycles. The Kier molecular flexibility index (Phi) is 5.23. The fourth-order valence-electron chi connectivity index (χ4n) is 4.56. The van der Waals surface area contributed by atoms with Gasteiger partial charge in [-0.2, -0.15) is 0 Å². The molecule has 0 bridgehead atoms. The van der Waals surface area contributed by atoms with E-state index in [0.29, 0.717) is 17.7 Å². The molecule has 0 radical (unpaired) electrons. The Labute approximate surface area is 184 Å². The van der Waals surface area contributed by atoms with E-state index in [2.05, 4.69) is 0 Å². The van der Waals surface area contributed by atoms with Crippen molar-refractivity contribution in [1.82, 2.24) is 4.90 Å². The first kappa shape index (κ1) is 20.4. The van der Waals surface area contributed by atoms with E-state index in [9.17, 15) is 19.1 Å². The molecule has 5 rings (SSSR count). The maximum atomic E-state index is 13.6. The Hall–Kier alpha value is -3.51. The molecule has 5 nitrogen and oxygen atoms in total. The van der Waals surface area contributed by atoms with E-state index in [-0.39, 0.29) is 24.0 Å². The van der Waals surface area contributed by atoms with Crippen LogP contribution >= 0.6 is 0 Å². The zero-order chi connectivity index (χ0) is 22.2. The van der Waals surface area contributed by atoms with Gasteiger partial charge in [-0.1, -0.05) is 48.5 Å². The molecular weight excluding hydrogens is 409 g/mol. The number of aliphatic hydroxyl groups excluding tert-OH is 1. The van der Waals surface area contributed by atoms with Crippen LogP contribution in [0, 0.1) is 5.82 Å². The summed E-state index contributed by atoms with van der Waals surface area (Å²) in [6.07, 6.45) is 1.52. The van der Waals surface area contributed by atoms with Crippen LogP contribution in [0.1, 0.15) is 30.0 Å². The summed E-state index contributed by atoms with van der Waals surface area (Å²) in [4.78, 5) is 27.5. The highest BCUT2D eigenvalue weighted by atomic mass is 19.1. The monoisotopic (exact) mass is 431 g/mol. The molecule has 2 heterocycles. The summed E-state index contributed by atoms with van der Waals surface area (Å²) in [5.41, 5.74) is 1.02. The van der Waals surface area contributed by atoms with E-state index >= 15 is 0 Å². The average molecular weight is 431 g/mol. The highest BCUT2D eigenvalue weighted by molar-refractivity contribution is 6.46. The Morgan fingerprint density at radius 3 is 2.50 bits per heavy atom. The lowest BCUT2D eigenvalue weighted by atomic mass is 9.94. The first-order valence-electron chi connectivity index (χ1n) is 10.7. The fraction of sp³-hybridized carbons (Fsp3) is 0.231. The molecule has 0 saturated carbocycles. The van der Waals surface area contributed by atoms with Gasteiger partial charge in [0.25, 0.3) is 11.7 Å². The summed E-state index contributed by atoms with van der Waals surface area (Å²) in [5.74, 6) is -2.09. The van der Waals surface area contributed by atoms with Gasteiger partial charge in [-0.25, -0.2) is 4.39 Å². The zero-order valence-corrected chi connectivity index (χ0v) is 17.3. The van der Waals surface area contributed by atoms with Gasteiger partial charge in [0.2, 0.25) is 0 Å². The number of nitrogens with zero attached hydrogens (tertiary/aromatic N) is 1. The highest BCUT2D eigenvalue weighted by Gasteiger charge is 2.47. The SMILES string of the molecule is O=C1C(=O)N(CC2CCCO2)C(c2ccc(F)cc2)/C1=C(/O)c1ccc2ccccc2c1. The number of carbonyl (C=O) groups excluding carboxylic acids is 2. The van der Waals surface area contributed by atoms with Gasteiger partial charge in [0.05, 0.1) is 17.7 Å². The van der Waals surface area contributed by atoms with Crippen molar-refractivity contribution in [3.8, 4) is 0 Å². The molecule has 3 aromatic carbocycles. The van der Waals surface area contributed by atoms with Crippen LogP contribution in [-0.2, 0) is 14.3 Å². The standard InChI is InChI=1S/C26H22FNO4/c27-20-11-9-17(10-12-20)23-22(25(30)26(31)28(23)15-21-6-3-13-32-21)24(29)19-8-7-16-4-1-2-5-18(16)14-19/h1-2,4-5,7-12,14,21,23,29H,3,6,13,15H2/b24-22-. The Morgan fingerprint density at radius 1 is 1.03 bits per heavy atom. The minimum atomic E-state index is -0.814. The molecule has 0 spiro atoms. The molecule has 0 aromatic heterocycles. The van der Waals surface area contributed by atoms with Gasteiger partial charge >= 0.3 is 0 Å². The Balaban J connectivity index is 1.63. The maximum Gasteiger partial charge on any atom is 0.295 e. The molecule has 2 atom stereocenters. The van der Waals surface area contributed by atoms with Gasteiger partial charge in [-0.05, 0) is 47.4 Å². The number of ether oxygens (including phenoxy) is 1. The Morgan fingerprint density at radius 2 is 1.78 bits per heavy atom. The van der Waals surface area contributed by atoms with Crippen LogP contribution in [0.3, 0.4) is 0 Å². The van der Waals surface area contributed by atoms with Crippen molar-refractivity contribution in [1.29, 1.82) is 0 Å². The third-order valence-corrected chi connectivity index (χ3v) is 6.17. The fourth-order valence-corrected chi connectivity index (χ4v) is 4.56. The maximum absolute atomic E-state index is 13.6. The third kappa shape index (κ3) is 3.56. The first-order chi connectivity index (χ1) is 15.5. The second-order valence-electron chi connectivity index (χ2n) is 8.20. The third-order valence-electron chi connectivity index (χ3n) is 6.17. The predicted octanol–water partition coefficient (Wildman–Crippen LogP) is 4.58. The summed E-state index contributed by atoms with van der Waals surface area (Å²) in [6.45, 7) is 0.855. The molecule has 162 valence electrons. The highest BCUT2D eigenvalue weighted by Crippen LogP contribution is 2.40. The molecule has 1 N–H and O–H groups in total. The number of benzene rings is 3. The Bertz CT molecular complexity index is 1230. The smallest absolute Gasteiger partial charge is 0.295 e. The molecule has 2 saturated heterocycles. The minimum absolute atomic E-state index is 0.00915. The largest absolute Gasteiger partial charge is 0.507 e. The van der Waals surface area contributed by atoms with Gasteiger partial charge in [-0.15, -0.1) is 0 Å². The van der Waals surface area contributed by atoms with Crippen molar-refractivity contribution in [2.24, 2.45) is 0 Å².